The van der Waals surface area contributed by atoms with E-state index in [1.807, 2.05) is 30.9 Å². The molecule has 2 aromatic rings. The third-order valence-electron chi connectivity index (χ3n) is 8.02. The molecule has 2 amide bonds. The summed E-state index contributed by atoms with van der Waals surface area (Å²) in [6, 6.07) is 12.8. The molecule has 7 nitrogen and oxygen atoms in total. The van der Waals surface area contributed by atoms with Gasteiger partial charge in [-0.2, -0.15) is 0 Å². The Morgan fingerprint density at radius 1 is 1.10 bits per heavy atom. The minimum absolute atomic E-state index is 0.0249. The molecule has 2 aromatic carbocycles. The molecule has 2 aliphatic rings. The van der Waals surface area contributed by atoms with Gasteiger partial charge in [-0.05, 0) is 67.0 Å². The first-order chi connectivity index (χ1) is 19.0. The minimum Gasteiger partial charge on any atom is -0.490 e. The summed E-state index contributed by atoms with van der Waals surface area (Å²) in [7, 11) is 0. The number of ether oxygens (including phenoxy) is 2. The highest BCUT2D eigenvalue weighted by molar-refractivity contribution is 6.32. The van der Waals surface area contributed by atoms with E-state index in [0.717, 1.165) is 47.8 Å². The van der Waals surface area contributed by atoms with Crippen LogP contribution in [0.5, 0.6) is 5.75 Å². The Morgan fingerprint density at radius 2 is 1.75 bits per heavy atom. The Labute approximate surface area is 244 Å². The van der Waals surface area contributed by atoms with E-state index >= 15 is 0 Å². The van der Waals surface area contributed by atoms with Crippen molar-refractivity contribution in [2.45, 2.75) is 78.0 Å². The van der Waals surface area contributed by atoms with Gasteiger partial charge in [-0.25, -0.2) is 0 Å². The zero-order valence-electron chi connectivity index (χ0n) is 24.6. The summed E-state index contributed by atoms with van der Waals surface area (Å²) in [6.45, 7) is 14.1. The molecular weight excluding hydrogens is 526 g/mol. The van der Waals surface area contributed by atoms with Crippen LogP contribution in [0.25, 0.3) is 0 Å². The molecule has 1 atom stereocenters. The molecule has 0 bridgehead atoms. The van der Waals surface area contributed by atoms with Crippen molar-refractivity contribution in [1.82, 2.24) is 15.1 Å². The minimum atomic E-state index is -0.775. The van der Waals surface area contributed by atoms with Crippen LogP contribution in [0.1, 0.15) is 68.2 Å². The summed E-state index contributed by atoms with van der Waals surface area (Å²) in [4.78, 5) is 29.3. The maximum Gasteiger partial charge on any atom is 0.225 e. The molecule has 0 aliphatic carbocycles. The van der Waals surface area contributed by atoms with E-state index in [1.54, 1.807) is 0 Å². The van der Waals surface area contributed by atoms with Gasteiger partial charge in [0, 0.05) is 50.7 Å². The van der Waals surface area contributed by atoms with Gasteiger partial charge in [0.1, 0.15) is 18.0 Å². The summed E-state index contributed by atoms with van der Waals surface area (Å²) in [5.41, 5.74) is 3.72. The number of hydrogen-bond donors (Lipinski definition) is 1. The van der Waals surface area contributed by atoms with Crippen LogP contribution in [0.3, 0.4) is 0 Å². The number of carbonyl (C=O) groups excluding carboxylic acids is 2. The molecule has 4 rings (SSSR count). The molecule has 2 aliphatic heterocycles. The maximum absolute atomic E-state index is 13.6. The van der Waals surface area contributed by atoms with Crippen LogP contribution in [-0.4, -0.2) is 72.6 Å². The fourth-order valence-electron chi connectivity index (χ4n) is 5.72. The number of amides is 2. The molecular formula is C32H44ClN3O4. The second kappa shape index (κ2) is 13.4. The van der Waals surface area contributed by atoms with Crippen LogP contribution in [0.15, 0.2) is 36.4 Å². The number of benzene rings is 2. The van der Waals surface area contributed by atoms with Gasteiger partial charge >= 0.3 is 0 Å². The third-order valence-corrected chi connectivity index (χ3v) is 8.62. The first-order valence-corrected chi connectivity index (χ1v) is 14.8. The number of carbonyl (C=O) groups is 2. The van der Waals surface area contributed by atoms with Gasteiger partial charge in [-0.15, -0.1) is 0 Å². The van der Waals surface area contributed by atoms with Crippen molar-refractivity contribution in [2.24, 2.45) is 0 Å². The van der Waals surface area contributed by atoms with Crippen molar-refractivity contribution in [3.63, 3.8) is 0 Å². The van der Waals surface area contributed by atoms with Gasteiger partial charge in [0.05, 0.1) is 13.0 Å². The number of aryl methyl sites for hydroxylation is 2. The fraction of sp³-hybridized carbons (Fsp3) is 0.562. The normalized spacial score (nSPS) is 20.5. The summed E-state index contributed by atoms with van der Waals surface area (Å²) >= 11 is 6.38. The average Bonchev–Trinajstić information content (AvgIpc) is 2.91. The molecule has 40 heavy (non-hydrogen) atoms. The van der Waals surface area contributed by atoms with Crippen LogP contribution in [0.2, 0.25) is 5.02 Å². The lowest BCUT2D eigenvalue weighted by atomic mass is 9.95. The molecule has 0 saturated carbocycles. The van der Waals surface area contributed by atoms with E-state index in [0.29, 0.717) is 32.2 Å². The number of nitrogens with zero attached hydrogens (tertiary/aromatic N) is 2. The van der Waals surface area contributed by atoms with E-state index in [4.69, 9.17) is 21.1 Å². The van der Waals surface area contributed by atoms with Crippen molar-refractivity contribution in [3.8, 4) is 5.75 Å². The topological polar surface area (TPSA) is 71.1 Å². The predicted octanol–water partition coefficient (Wildman–Crippen LogP) is 5.25. The highest BCUT2D eigenvalue weighted by Gasteiger charge is 2.41. The van der Waals surface area contributed by atoms with Crippen molar-refractivity contribution < 1.29 is 19.1 Å². The van der Waals surface area contributed by atoms with E-state index in [2.05, 4.69) is 48.3 Å². The number of nitrogens with one attached hydrogen (secondary N) is 1. The van der Waals surface area contributed by atoms with Crippen LogP contribution < -0.4 is 10.1 Å². The second-order valence-corrected chi connectivity index (χ2v) is 12.2. The summed E-state index contributed by atoms with van der Waals surface area (Å²) < 4.78 is 12.8. The molecule has 8 heteroatoms. The number of halogens is 1. The quantitative estimate of drug-likeness (QED) is 0.447. The number of likely N-dealkylation sites (tertiary alicyclic amines) is 1. The smallest absolute Gasteiger partial charge is 0.225 e. The summed E-state index contributed by atoms with van der Waals surface area (Å²) in [5, 5.41) is 3.72. The number of rotatable bonds is 9. The van der Waals surface area contributed by atoms with Crippen molar-refractivity contribution in [1.29, 1.82) is 0 Å². The lowest BCUT2D eigenvalue weighted by Gasteiger charge is -2.43. The molecule has 0 spiro atoms. The molecule has 2 heterocycles. The van der Waals surface area contributed by atoms with E-state index in [-0.39, 0.29) is 30.9 Å². The Hall–Kier alpha value is -2.61. The number of piperidine rings is 1. The Morgan fingerprint density at radius 3 is 2.35 bits per heavy atom. The highest BCUT2D eigenvalue weighted by Crippen LogP contribution is 2.30. The summed E-state index contributed by atoms with van der Waals surface area (Å²) in [6.07, 6.45) is 1.77. The maximum atomic E-state index is 13.6. The molecule has 0 aromatic heterocycles. The zero-order chi connectivity index (χ0) is 28.9. The van der Waals surface area contributed by atoms with Gasteiger partial charge in [-0.1, -0.05) is 49.7 Å². The molecule has 218 valence electrons. The Bertz CT molecular complexity index is 1150. The average molecular weight is 570 g/mol. The zero-order valence-corrected chi connectivity index (χ0v) is 25.4. The Kier molecular flexibility index (Phi) is 10.1. The lowest BCUT2D eigenvalue weighted by Crippen LogP contribution is -2.57. The van der Waals surface area contributed by atoms with Crippen molar-refractivity contribution in [2.75, 3.05) is 39.4 Å². The highest BCUT2D eigenvalue weighted by atomic mass is 35.5. The second-order valence-electron chi connectivity index (χ2n) is 11.8. The molecule has 2 saturated heterocycles. The third kappa shape index (κ3) is 7.99. The molecule has 0 radical (unpaired) electrons. The fourth-order valence-corrected chi connectivity index (χ4v) is 5.83. The van der Waals surface area contributed by atoms with Crippen LogP contribution in [-0.2, 0) is 20.9 Å². The largest absolute Gasteiger partial charge is 0.490 e. The first kappa shape index (κ1) is 30.4. The van der Waals surface area contributed by atoms with Gasteiger partial charge in [0.15, 0.2) is 0 Å². The first-order valence-electron chi connectivity index (χ1n) is 14.4. The van der Waals surface area contributed by atoms with Crippen LogP contribution in [0.4, 0.5) is 0 Å². The lowest BCUT2D eigenvalue weighted by molar-refractivity contribution is -0.157. The van der Waals surface area contributed by atoms with Gasteiger partial charge < -0.3 is 19.7 Å². The molecule has 1 N–H and O–H groups in total. The van der Waals surface area contributed by atoms with E-state index in [1.165, 1.54) is 18.1 Å². The van der Waals surface area contributed by atoms with Crippen molar-refractivity contribution >= 4 is 23.4 Å². The predicted molar refractivity (Wildman–Crippen MR) is 159 cm³/mol. The monoisotopic (exact) mass is 569 g/mol. The number of morpholine rings is 1. The SMILES string of the molecule is CC(=O)NC1CCN(C(=O)C[C@]2(COc3cc(C)c(Cl)c(C)c3)CN(Cc3ccc(C(C)C)cc3)CCO2)CC1. The van der Waals surface area contributed by atoms with Crippen LogP contribution >= 0.6 is 11.6 Å². The molecule has 0 unspecified atom stereocenters. The standard InChI is InChI=1S/C32H44ClN3O4/c1-22(2)27-8-6-26(7-9-27)19-35-14-15-40-32(20-35,21-39-29-16-23(3)31(33)24(4)17-29)18-30(38)36-12-10-28(11-13-36)34-25(5)37/h6-9,16-17,22,28H,10-15,18-21H2,1-5H3,(H,34,37)/t32-/m1/s1. The number of hydrogen-bond acceptors (Lipinski definition) is 5. The van der Waals surface area contributed by atoms with E-state index in [9.17, 15) is 9.59 Å². The molecule has 2 fully saturated rings. The van der Waals surface area contributed by atoms with E-state index < -0.39 is 5.60 Å². The van der Waals surface area contributed by atoms with Crippen molar-refractivity contribution in [3.05, 3.63) is 63.7 Å². The van der Waals surface area contributed by atoms with Gasteiger partial charge in [0.2, 0.25) is 11.8 Å². The summed E-state index contributed by atoms with van der Waals surface area (Å²) in [5.74, 6) is 1.27. The van der Waals surface area contributed by atoms with Crippen LogP contribution in [0, 0.1) is 13.8 Å². The van der Waals surface area contributed by atoms with Gasteiger partial charge in [0.25, 0.3) is 0 Å². The van der Waals surface area contributed by atoms with Gasteiger partial charge in [-0.3, -0.25) is 14.5 Å². The Balaban J connectivity index is 1.48.